The zero-order chi connectivity index (χ0) is 20.2. The molecule has 3 aromatic carbocycles. The predicted molar refractivity (Wildman–Crippen MR) is 113 cm³/mol. The van der Waals surface area contributed by atoms with E-state index in [1.165, 1.54) is 0 Å². The van der Waals surface area contributed by atoms with Gasteiger partial charge in [0.25, 0.3) is 5.91 Å². The number of carbonyl (C=O) groups is 2. The smallest absolute Gasteiger partial charge is 0.265 e. The molecule has 4 rings (SSSR count). The number of hydrogen-bond acceptors (Lipinski definition) is 3. The fraction of sp³-hybridized carbons (Fsp3) is 0.167. The first-order valence-corrected chi connectivity index (χ1v) is 9.59. The number of fused-ring (bicyclic) bond motifs is 1. The molecule has 0 spiro atoms. The Kier molecular flexibility index (Phi) is 5.29. The Morgan fingerprint density at radius 1 is 0.966 bits per heavy atom. The monoisotopic (exact) mass is 386 g/mol. The topological polar surface area (TPSA) is 49.9 Å². The first kappa shape index (κ1) is 18.7. The van der Waals surface area contributed by atoms with E-state index in [1.807, 2.05) is 78.9 Å². The van der Waals surface area contributed by atoms with Gasteiger partial charge in [-0.1, -0.05) is 60.7 Å². The van der Waals surface area contributed by atoms with Crippen LogP contribution in [0, 0.1) is 0 Å². The van der Waals surface area contributed by atoms with Crippen LogP contribution in [0.4, 0.5) is 11.4 Å². The van der Waals surface area contributed by atoms with Gasteiger partial charge in [-0.05, 0) is 36.8 Å². The van der Waals surface area contributed by atoms with Gasteiger partial charge in [-0.15, -0.1) is 0 Å². The minimum absolute atomic E-state index is 0.0708. The van der Waals surface area contributed by atoms with Crippen LogP contribution in [0.2, 0.25) is 0 Å². The van der Waals surface area contributed by atoms with E-state index >= 15 is 0 Å². The summed E-state index contributed by atoms with van der Waals surface area (Å²) in [7, 11) is 0. The number of benzene rings is 3. The number of hydrogen-bond donors (Lipinski definition) is 0. The second-order valence-corrected chi connectivity index (χ2v) is 6.94. The number of anilines is 2. The van der Waals surface area contributed by atoms with Crippen molar-refractivity contribution in [2.24, 2.45) is 0 Å². The van der Waals surface area contributed by atoms with Crippen LogP contribution in [0.25, 0.3) is 0 Å². The molecule has 1 heterocycles. The lowest BCUT2D eigenvalue weighted by molar-refractivity contribution is -0.126. The molecule has 0 saturated heterocycles. The first-order chi connectivity index (χ1) is 14.1. The Balaban J connectivity index is 1.68. The summed E-state index contributed by atoms with van der Waals surface area (Å²) in [6.07, 6.45) is 0. The van der Waals surface area contributed by atoms with Crippen molar-refractivity contribution in [3.63, 3.8) is 0 Å². The van der Waals surface area contributed by atoms with Crippen LogP contribution in [0.15, 0.2) is 84.9 Å². The summed E-state index contributed by atoms with van der Waals surface area (Å²) in [6.45, 7) is 2.12. The Labute approximate surface area is 170 Å². The van der Waals surface area contributed by atoms with E-state index < -0.39 is 6.04 Å². The number of amides is 2. The molecule has 0 aromatic heterocycles. The summed E-state index contributed by atoms with van der Waals surface area (Å²) in [4.78, 5) is 29.5. The molecule has 1 unspecified atom stereocenters. The van der Waals surface area contributed by atoms with Gasteiger partial charge < -0.3 is 9.64 Å². The molecular formula is C24H22N2O3. The third-order valence-corrected chi connectivity index (χ3v) is 5.01. The zero-order valence-electron chi connectivity index (χ0n) is 16.2. The molecule has 0 bridgehead atoms. The highest BCUT2D eigenvalue weighted by Crippen LogP contribution is 2.33. The lowest BCUT2D eigenvalue weighted by Crippen LogP contribution is -2.52. The second kappa shape index (κ2) is 8.19. The van der Waals surface area contributed by atoms with Crippen molar-refractivity contribution < 1.29 is 14.3 Å². The second-order valence-electron chi connectivity index (χ2n) is 6.94. The number of rotatable bonds is 5. The lowest BCUT2D eigenvalue weighted by Gasteiger charge is -2.36. The minimum Gasteiger partial charge on any atom is -0.482 e. The van der Waals surface area contributed by atoms with Gasteiger partial charge >= 0.3 is 0 Å². The van der Waals surface area contributed by atoms with Crippen molar-refractivity contribution in [2.75, 3.05) is 16.4 Å². The van der Waals surface area contributed by atoms with Crippen LogP contribution < -0.4 is 14.5 Å². The molecule has 1 atom stereocenters. The third kappa shape index (κ3) is 3.85. The summed E-state index contributed by atoms with van der Waals surface area (Å²) in [6, 6.07) is 26.0. The van der Waals surface area contributed by atoms with E-state index in [1.54, 1.807) is 22.8 Å². The minimum atomic E-state index is -0.670. The maximum Gasteiger partial charge on any atom is 0.265 e. The SMILES string of the molecule is CC(C(=O)N(Cc1ccccc1)c1ccccc1)N1C(=O)COc2ccccc21. The summed E-state index contributed by atoms with van der Waals surface area (Å²) < 4.78 is 5.52. The molecule has 0 aliphatic carbocycles. The van der Waals surface area contributed by atoms with Crippen molar-refractivity contribution in [1.82, 2.24) is 0 Å². The molecule has 29 heavy (non-hydrogen) atoms. The highest BCUT2D eigenvalue weighted by atomic mass is 16.5. The van der Waals surface area contributed by atoms with Crippen LogP contribution >= 0.6 is 0 Å². The fourth-order valence-electron chi connectivity index (χ4n) is 3.55. The maximum absolute atomic E-state index is 13.6. The zero-order valence-corrected chi connectivity index (χ0v) is 16.2. The van der Waals surface area contributed by atoms with Crippen LogP contribution in [-0.4, -0.2) is 24.5 Å². The Hall–Kier alpha value is -3.60. The van der Waals surface area contributed by atoms with Gasteiger partial charge in [0.15, 0.2) is 6.61 Å². The highest BCUT2D eigenvalue weighted by molar-refractivity contribution is 6.07. The molecule has 2 amide bonds. The fourth-order valence-corrected chi connectivity index (χ4v) is 3.55. The van der Waals surface area contributed by atoms with Crippen molar-refractivity contribution in [1.29, 1.82) is 0 Å². The number of carbonyl (C=O) groups excluding carboxylic acids is 2. The molecule has 1 aliphatic heterocycles. The molecule has 5 heteroatoms. The van der Waals surface area contributed by atoms with Crippen molar-refractivity contribution in [3.8, 4) is 5.75 Å². The molecule has 5 nitrogen and oxygen atoms in total. The number of ether oxygens (including phenoxy) is 1. The van der Waals surface area contributed by atoms with Crippen LogP contribution in [0.1, 0.15) is 12.5 Å². The van der Waals surface area contributed by atoms with E-state index in [-0.39, 0.29) is 18.4 Å². The molecule has 146 valence electrons. The molecule has 0 radical (unpaired) electrons. The normalized spacial score (nSPS) is 14.0. The average Bonchev–Trinajstić information content (AvgIpc) is 2.78. The summed E-state index contributed by atoms with van der Waals surface area (Å²) in [5.41, 5.74) is 2.44. The molecule has 0 N–H and O–H groups in total. The van der Waals surface area contributed by atoms with E-state index in [2.05, 4.69) is 0 Å². The van der Waals surface area contributed by atoms with E-state index in [4.69, 9.17) is 4.74 Å². The van der Waals surface area contributed by atoms with Crippen LogP contribution in [0.5, 0.6) is 5.75 Å². The standard InChI is InChI=1S/C24H22N2O3/c1-18(26-21-14-8-9-15-22(21)29-17-23(26)27)24(28)25(20-12-6-3-7-13-20)16-19-10-4-2-5-11-19/h2-15,18H,16-17H2,1H3. The van der Waals surface area contributed by atoms with E-state index in [0.29, 0.717) is 18.0 Å². The van der Waals surface area contributed by atoms with Gasteiger partial charge in [0.2, 0.25) is 5.91 Å². The first-order valence-electron chi connectivity index (χ1n) is 9.59. The lowest BCUT2D eigenvalue weighted by atomic mass is 10.1. The van der Waals surface area contributed by atoms with Gasteiger partial charge in [0.1, 0.15) is 11.8 Å². The quantitative estimate of drug-likeness (QED) is 0.665. The van der Waals surface area contributed by atoms with Gasteiger partial charge in [-0.3, -0.25) is 14.5 Å². The van der Waals surface area contributed by atoms with Crippen molar-refractivity contribution >= 4 is 23.2 Å². The van der Waals surface area contributed by atoms with Gasteiger partial charge in [-0.2, -0.15) is 0 Å². The largest absolute Gasteiger partial charge is 0.482 e. The highest BCUT2D eigenvalue weighted by Gasteiger charge is 2.35. The van der Waals surface area contributed by atoms with Crippen molar-refractivity contribution in [3.05, 3.63) is 90.5 Å². The maximum atomic E-state index is 13.6. The van der Waals surface area contributed by atoms with Gasteiger partial charge in [-0.25, -0.2) is 0 Å². The van der Waals surface area contributed by atoms with E-state index in [0.717, 1.165) is 11.3 Å². The van der Waals surface area contributed by atoms with E-state index in [9.17, 15) is 9.59 Å². The van der Waals surface area contributed by atoms with Crippen LogP contribution in [0.3, 0.4) is 0 Å². The third-order valence-electron chi connectivity index (χ3n) is 5.01. The van der Waals surface area contributed by atoms with Gasteiger partial charge in [0.05, 0.1) is 12.2 Å². The average molecular weight is 386 g/mol. The summed E-state index contributed by atoms with van der Waals surface area (Å²) >= 11 is 0. The summed E-state index contributed by atoms with van der Waals surface area (Å²) in [5, 5.41) is 0. The molecule has 0 saturated carbocycles. The molecule has 1 aliphatic rings. The number of para-hydroxylation sites is 3. The van der Waals surface area contributed by atoms with Gasteiger partial charge in [0, 0.05) is 5.69 Å². The Morgan fingerprint density at radius 2 is 1.59 bits per heavy atom. The molecular weight excluding hydrogens is 364 g/mol. The summed E-state index contributed by atoms with van der Waals surface area (Å²) in [5.74, 6) is 0.239. The Morgan fingerprint density at radius 3 is 2.31 bits per heavy atom. The molecule has 3 aromatic rings. The van der Waals surface area contributed by atoms with Crippen LogP contribution in [-0.2, 0) is 16.1 Å². The van der Waals surface area contributed by atoms with Crippen molar-refractivity contribution in [2.45, 2.75) is 19.5 Å². The Bertz CT molecular complexity index is 1000. The predicted octanol–water partition coefficient (Wildman–Crippen LogP) is 4.03. The number of nitrogens with zero attached hydrogens (tertiary/aromatic N) is 2. The molecule has 0 fully saturated rings.